The van der Waals surface area contributed by atoms with E-state index in [0.29, 0.717) is 37.7 Å². The van der Waals surface area contributed by atoms with Crippen LogP contribution in [-0.4, -0.2) is 70.0 Å². The fraction of sp³-hybridized carbons (Fsp3) is 0.571. The van der Waals surface area contributed by atoms with E-state index in [1.807, 2.05) is 12.1 Å². The van der Waals surface area contributed by atoms with Crippen LogP contribution >= 0.6 is 0 Å². The van der Waals surface area contributed by atoms with Crippen LogP contribution in [0.15, 0.2) is 18.2 Å². The molecular formula is C21H25N3O5. The lowest BCUT2D eigenvalue weighted by Gasteiger charge is -2.42. The lowest BCUT2D eigenvalue weighted by molar-refractivity contribution is -0.136. The van der Waals surface area contributed by atoms with Gasteiger partial charge in [-0.2, -0.15) is 0 Å². The molecule has 0 spiro atoms. The van der Waals surface area contributed by atoms with E-state index in [0.717, 1.165) is 30.6 Å². The highest BCUT2D eigenvalue weighted by atomic mass is 16.5. The number of fused-ring (bicyclic) bond motifs is 1. The second kappa shape index (κ2) is 7.11. The number of nitrogens with one attached hydrogen (secondary N) is 1. The van der Waals surface area contributed by atoms with Crippen LogP contribution in [0.3, 0.4) is 0 Å². The number of imide groups is 1. The van der Waals surface area contributed by atoms with Gasteiger partial charge in [0.2, 0.25) is 11.8 Å². The molecular weight excluding hydrogens is 374 g/mol. The van der Waals surface area contributed by atoms with Gasteiger partial charge in [0, 0.05) is 37.7 Å². The van der Waals surface area contributed by atoms with Gasteiger partial charge in [-0.25, -0.2) is 0 Å². The molecule has 3 aliphatic heterocycles. The van der Waals surface area contributed by atoms with Gasteiger partial charge in [-0.05, 0) is 49.4 Å². The molecule has 1 aromatic rings. The molecule has 0 radical (unpaired) electrons. The summed E-state index contributed by atoms with van der Waals surface area (Å²) in [6, 6.07) is 5.23. The van der Waals surface area contributed by atoms with E-state index in [4.69, 9.17) is 4.74 Å². The molecule has 154 valence electrons. The van der Waals surface area contributed by atoms with Gasteiger partial charge in [-0.15, -0.1) is 0 Å². The van der Waals surface area contributed by atoms with Crippen LogP contribution in [0, 0.1) is 0 Å². The van der Waals surface area contributed by atoms with Crippen molar-refractivity contribution in [2.45, 2.75) is 62.9 Å². The first kappa shape index (κ1) is 18.6. The summed E-state index contributed by atoms with van der Waals surface area (Å²) in [5, 5.41) is 11.9. The minimum Gasteiger partial charge on any atom is -0.489 e. The zero-order valence-corrected chi connectivity index (χ0v) is 16.2. The molecule has 2 N–H and O–H groups in total. The first-order valence-corrected chi connectivity index (χ1v) is 10.4. The number of β-amino-alcohol motifs (C(OH)–C–C–N with tert-alkyl or cyclic N) is 1. The van der Waals surface area contributed by atoms with Gasteiger partial charge >= 0.3 is 0 Å². The van der Waals surface area contributed by atoms with Gasteiger partial charge in [0.1, 0.15) is 17.9 Å². The fourth-order valence-corrected chi connectivity index (χ4v) is 5.02. The normalized spacial score (nSPS) is 30.3. The van der Waals surface area contributed by atoms with E-state index in [9.17, 15) is 19.5 Å². The van der Waals surface area contributed by atoms with Crippen LogP contribution in [0.5, 0.6) is 5.75 Å². The van der Waals surface area contributed by atoms with Crippen molar-refractivity contribution < 1.29 is 24.2 Å². The molecule has 2 saturated heterocycles. The average Bonchev–Trinajstić information content (AvgIpc) is 3.24. The summed E-state index contributed by atoms with van der Waals surface area (Å²) >= 11 is 0. The van der Waals surface area contributed by atoms with Crippen molar-refractivity contribution in [2.24, 2.45) is 0 Å². The van der Waals surface area contributed by atoms with E-state index in [1.165, 1.54) is 0 Å². The maximum Gasteiger partial charge on any atom is 0.255 e. The maximum absolute atomic E-state index is 12.8. The zero-order chi connectivity index (χ0) is 20.1. The summed E-state index contributed by atoms with van der Waals surface area (Å²) in [6.45, 7) is 1.78. The van der Waals surface area contributed by atoms with Crippen molar-refractivity contribution in [1.29, 1.82) is 0 Å². The Labute approximate surface area is 168 Å². The third kappa shape index (κ3) is 3.30. The Morgan fingerprint density at radius 1 is 1.10 bits per heavy atom. The number of carbonyl (C=O) groups is 3. The molecule has 8 heteroatoms. The Kier molecular flexibility index (Phi) is 4.55. The summed E-state index contributed by atoms with van der Waals surface area (Å²) < 4.78 is 6.28. The van der Waals surface area contributed by atoms with Crippen LogP contribution in [-0.2, 0) is 16.1 Å². The Hall–Kier alpha value is -2.45. The third-order valence-corrected chi connectivity index (χ3v) is 6.56. The number of amides is 3. The molecule has 3 amide bonds. The first-order chi connectivity index (χ1) is 14.0. The van der Waals surface area contributed by atoms with Gasteiger partial charge < -0.3 is 14.7 Å². The minimum absolute atomic E-state index is 0.0869. The third-order valence-electron chi connectivity index (χ3n) is 6.56. The quantitative estimate of drug-likeness (QED) is 0.712. The predicted octanol–water partition coefficient (Wildman–Crippen LogP) is 0.424. The first-order valence-electron chi connectivity index (χ1n) is 10.4. The number of benzene rings is 1. The van der Waals surface area contributed by atoms with Crippen LogP contribution < -0.4 is 10.1 Å². The zero-order valence-electron chi connectivity index (χ0n) is 16.2. The van der Waals surface area contributed by atoms with Crippen molar-refractivity contribution in [3.05, 3.63) is 29.3 Å². The molecule has 29 heavy (non-hydrogen) atoms. The van der Waals surface area contributed by atoms with E-state index in [2.05, 4.69) is 10.2 Å². The van der Waals surface area contributed by atoms with Gasteiger partial charge in [0.05, 0.1) is 6.10 Å². The molecule has 0 bridgehead atoms. The molecule has 1 aromatic carbocycles. The highest BCUT2D eigenvalue weighted by Gasteiger charge is 2.41. The molecule has 1 aliphatic carbocycles. The standard InChI is InChI=1S/C21H25N3O5/c25-13-10-23(11-13)16-2-1-3-18(16)29-14-4-5-15-12(8-14)9-24(21(15)28)17-6-7-19(26)22-20(17)27/h4-5,8,13,16-18,25H,1-3,6-7,9-11H2,(H,22,26,27)/t16-,17?,18+/m1/s1. The number of likely N-dealkylation sites (tertiary alicyclic amines) is 1. The topological polar surface area (TPSA) is 99.2 Å². The monoisotopic (exact) mass is 399 g/mol. The number of aliphatic hydroxyl groups is 1. The number of ether oxygens (including phenoxy) is 1. The summed E-state index contributed by atoms with van der Waals surface area (Å²) in [5.41, 5.74) is 1.45. The maximum atomic E-state index is 12.8. The Balaban J connectivity index is 1.29. The van der Waals surface area contributed by atoms with Gasteiger partial charge in [-0.1, -0.05) is 0 Å². The number of aliphatic hydroxyl groups excluding tert-OH is 1. The van der Waals surface area contributed by atoms with Crippen LogP contribution in [0.25, 0.3) is 0 Å². The number of carbonyl (C=O) groups excluding carboxylic acids is 3. The van der Waals surface area contributed by atoms with Crippen molar-refractivity contribution in [3.63, 3.8) is 0 Å². The number of hydrogen-bond donors (Lipinski definition) is 2. The van der Waals surface area contributed by atoms with E-state index >= 15 is 0 Å². The summed E-state index contributed by atoms with van der Waals surface area (Å²) in [6.07, 6.45) is 3.64. The smallest absolute Gasteiger partial charge is 0.255 e. The van der Waals surface area contributed by atoms with Gasteiger partial charge in [0.25, 0.3) is 5.91 Å². The molecule has 3 fully saturated rings. The van der Waals surface area contributed by atoms with Crippen LogP contribution in [0.2, 0.25) is 0 Å². The van der Waals surface area contributed by atoms with Crippen LogP contribution in [0.1, 0.15) is 48.0 Å². The van der Waals surface area contributed by atoms with E-state index in [-0.39, 0.29) is 30.4 Å². The molecule has 5 rings (SSSR count). The number of rotatable bonds is 4. The van der Waals surface area contributed by atoms with Crippen molar-refractivity contribution in [2.75, 3.05) is 13.1 Å². The second-order valence-corrected chi connectivity index (χ2v) is 8.48. The molecule has 1 unspecified atom stereocenters. The summed E-state index contributed by atoms with van der Waals surface area (Å²) in [7, 11) is 0. The highest BCUT2D eigenvalue weighted by Crippen LogP contribution is 2.34. The van der Waals surface area contributed by atoms with E-state index in [1.54, 1.807) is 11.0 Å². The fourth-order valence-electron chi connectivity index (χ4n) is 5.02. The average molecular weight is 399 g/mol. The number of hydrogen-bond acceptors (Lipinski definition) is 6. The number of piperidine rings is 1. The Bertz CT molecular complexity index is 866. The molecule has 1 saturated carbocycles. The minimum atomic E-state index is -0.603. The Morgan fingerprint density at radius 2 is 1.93 bits per heavy atom. The molecule has 8 nitrogen and oxygen atoms in total. The van der Waals surface area contributed by atoms with E-state index < -0.39 is 11.9 Å². The van der Waals surface area contributed by atoms with Crippen molar-refractivity contribution in [3.8, 4) is 5.75 Å². The lowest BCUT2D eigenvalue weighted by atomic mass is 10.0. The van der Waals surface area contributed by atoms with Crippen molar-refractivity contribution in [1.82, 2.24) is 15.1 Å². The summed E-state index contributed by atoms with van der Waals surface area (Å²) in [5.74, 6) is -0.120. The molecule has 3 heterocycles. The second-order valence-electron chi connectivity index (χ2n) is 8.48. The van der Waals surface area contributed by atoms with Crippen LogP contribution in [0.4, 0.5) is 0 Å². The highest BCUT2D eigenvalue weighted by molar-refractivity contribution is 6.05. The van der Waals surface area contributed by atoms with Gasteiger partial charge in [-0.3, -0.25) is 24.6 Å². The molecule has 4 aliphatic rings. The van der Waals surface area contributed by atoms with Gasteiger partial charge in [0.15, 0.2) is 0 Å². The largest absolute Gasteiger partial charge is 0.489 e. The summed E-state index contributed by atoms with van der Waals surface area (Å²) in [4.78, 5) is 40.2. The van der Waals surface area contributed by atoms with Crippen molar-refractivity contribution >= 4 is 17.7 Å². The molecule has 0 aromatic heterocycles. The SMILES string of the molecule is O=C1CCC(N2Cc3cc(O[C@H]4CCC[C@H]4N4CC(O)C4)ccc3C2=O)C(=O)N1. The molecule has 3 atom stereocenters. The Morgan fingerprint density at radius 3 is 2.69 bits per heavy atom. The lowest BCUT2D eigenvalue weighted by Crippen LogP contribution is -2.58. The number of nitrogens with zero attached hydrogens (tertiary/aromatic N) is 2. The predicted molar refractivity (Wildman–Crippen MR) is 102 cm³/mol.